The highest BCUT2D eigenvalue weighted by Gasteiger charge is 2.20. The SMILES string of the molecule is CC(C)(C)OC(=O)Nc1ccccc1NC(=O)c1ccc(C(CCCCN2CCOCC2)NC(=O)Nc2cccnc2)cn1. The summed E-state index contributed by atoms with van der Waals surface area (Å²) in [5.74, 6) is -0.445. The maximum atomic E-state index is 13.1. The highest BCUT2D eigenvalue weighted by molar-refractivity contribution is 6.05. The lowest BCUT2D eigenvalue weighted by molar-refractivity contribution is 0.0370. The first-order valence-electron chi connectivity index (χ1n) is 14.8. The van der Waals surface area contributed by atoms with Gasteiger partial charge in [0.2, 0.25) is 0 Å². The molecule has 1 aromatic carbocycles. The highest BCUT2D eigenvalue weighted by atomic mass is 16.6. The molecule has 12 nitrogen and oxygen atoms in total. The van der Waals surface area contributed by atoms with Crippen molar-refractivity contribution in [3.63, 3.8) is 0 Å². The number of nitrogens with one attached hydrogen (secondary N) is 4. The van der Waals surface area contributed by atoms with E-state index in [0.29, 0.717) is 23.5 Å². The number of carbonyl (C=O) groups excluding carboxylic acids is 3. The molecule has 0 bridgehead atoms. The number of morpholine rings is 1. The van der Waals surface area contributed by atoms with Gasteiger partial charge >= 0.3 is 12.1 Å². The molecule has 234 valence electrons. The number of amides is 4. The van der Waals surface area contributed by atoms with Crippen LogP contribution in [0.4, 0.5) is 26.7 Å². The number of benzene rings is 1. The van der Waals surface area contributed by atoms with E-state index >= 15 is 0 Å². The molecule has 1 saturated heterocycles. The first-order valence-corrected chi connectivity index (χ1v) is 14.8. The molecule has 1 atom stereocenters. The average molecular weight is 604 g/mol. The van der Waals surface area contributed by atoms with E-state index in [4.69, 9.17) is 9.47 Å². The van der Waals surface area contributed by atoms with E-state index in [0.717, 1.165) is 51.3 Å². The van der Waals surface area contributed by atoms with Crippen molar-refractivity contribution in [1.29, 1.82) is 0 Å². The Kier molecular flexibility index (Phi) is 11.6. The fourth-order valence-electron chi connectivity index (χ4n) is 4.64. The molecule has 4 amide bonds. The number of ether oxygens (including phenoxy) is 2. The molecule has 4 N–H and O–H groups in total. The lowest BCUT2D eigenvalue weighted by Gasteiger charge is -2.26. The van der Waals surface area contributed by atoms with Gasteiger partial charge in [-0.25, -0.2) is 9.59 Å². The molecule has 4 rings (SSSR count). The zero-order valence-corrected chi connectivity index (χ0v) is 25.5. The zero-order chi connectivity index (χ0) is 31.4. The summed E-state index contributed by atoms with van der Waals surface area (Å²) in [7, 11) is 0. The second-order valence-electron chi connectivity index (χ2n) is 11.4. The lowest BCUT2D eigenvalue weighted by atomic mass is 10.0. The van der Waals surface area contributed by atoms with Crippen molar-refractivity contribution in [2.75, 3.05) is 48.8 Å². The first kappa shape index (κ1) is 32.4. The van der Waals surface area contributed by atoms with Crippen molar-refractivity contribution >= 4 is 35.1 Å². The molecule has 12 heteroatoms. The third-order valence-corrected chi connectivity index (χ3v) is 6.78. The van der Waals surface area contributed by atoms with Gasteiger partial charge in [0.05, 0.1) is 42.5 Å². The summed E-state index contributed by atoms with van der Waals surface area (Å²) < 4.78 is 10.8. The maximum Gasteiger partial charge on any atom is 0.412 e. The summed E-state index contributed by atoms with van der Waals surface area (Å²) in [6.07, 6.45) is 6.76. The number of hydrogen-bond acceptors (Lipinski definition) is 8. The maximum absolute atomic E-state index is 13.1. The van der Waals surface area contributed by atoms with Crippen LogP contribution in [-0.4, -0.2) is 71.3 Å². The number of aromatic nitrogens is 2. The standard InChI is InChI=1S/C32H41N7O5/c1-32(2,3)44-31(42)38-27-12-5-4-11-26(27)36-29(40)28-14-13-23(21-34-28)25(10-6-7-16-39-17-19-43-20-18-39)37-30(41)35-24-9-8-15-33-22-24/h4-5,8-9,11-15,21-22,25H,6-7,10,16-20H2,1-3H3,(H,36,40)(H,38,42)(H2,35,37,41). The molecule has 2 aromatic heterocycles. The van der Waals surface area contributed by atoms with Crippen LogP contribution in [0.15, 0.2) is 67.1 Å². The summed E-state index contributed by atoms with van der Waals surface area (Å²) in [5, 5.41) is 11.3. The Hall–Kier alpha value is -4.55. The Labute approximate surface area is 257 Å². The molecule has 0 saturated carbocycles. The lowest BCUT2D eigenvalue weighted by Crippen LogP contribution is -2.37. The van der Waals surface area contributed by atoms with Gasteiger partial charge in [-0.2, -0.15) is 0 Å². The van der Waals surface area contributed by atoms with Gasteiger partial charge in [-0.3, -0.25) is 25.0 Å². The summed E-state index contributed by atoms with van der Waals surface area (Å²) in [4.78, 5) is 49.0. The van der Waals surface area contributed by atoms with Gasteiger partial charge in [0, 0.05) is 25.5 Å². The van der Waals surface area contributed by atoms with Crippen LogP contribution < -0.4 is 21.3 Å². The van der Waals surface area contributed by atoms with Gasteiger partial charge in [0.15, 0.2) is 0 Å². The van der Waals surface area contributed by atoms with E-state index in [-0.39, 0.29) is 17.8 Å². The van der Waals surface area contributed by atoms with Crippen LogP contribution in [0.1, 0.15) is 62.1 Å². The molecule has 3 aromatic rings. The van der Waals surface area contributed by atoms with Crippen molar-refractivity contribution in [2.24, 2.45) is 0 Å². The number of anilines is 3. The minimum absolute atomic E-state index is 0.187. The molecule has 0 spiro atoms. The number of pyridine rings is 2. The van der Waals surface area contributed by atoms with E-state index in [2.05, 4.69) is 36.1 Å². The van der Waals surface area contributed by atoms with E-state index in [1.165, 1.54) is 0 Å². The van der Waals surface area contributed by atoms with Crippen molar-refractivity contribution < 1.29 is 23.9 Å². The molecule has 1 unspecified atom stereocenters. The number of urea groups is 1. The van der Waals surface area contributed by atoms with E-state index in [1.807, 2.05) is 0 Å². The predicted octanol–water partition coefficient (Wildman–Crippen LogP) is 5.44. The third-order valence-electron chi connectivity index (χ3n) is 6.78. The van der Waals surface area contributed by atoms with Crippen molar-refractivity contribution in [3.8, 4) is 0 Å². The highest BCUT2D eigenvalue weighted by Crippen LogP contribution is 2.24. The normalized spacial score (nSPS) is 14.2. The van der Waals surface area contributed by atoms with Crippen LogP contribution in [0.5, 0.6) is 0 Å². The summed E-state index contributed by atoms with van der Waals surface area (Å²) in [5.41, 5.74) is 1.69. The second-order valence-corrected chi connectivity index (χ2v) is 11.4. The van der Waals surface area contributed by atoms with E-state index in [9.17, 15) is 14.4 Å². The molecule has 3 heterocycles. The smallest absolute Gasteiger partial charge is 0.412 e. The largest absolute Gasteiger partial charge is 0.444 e. The number of unbranched alkanes of at least 4 members (excludes halogenated alkanes) is 1. The molecular formula is C32H41N7O5. The van der Waals surface area contributed by atoms with Gasteiger partial charge in [0.25, 0.3) is 5.91 Å². The van der Waals surface area contributed by atoms with Gasteiger partial charge in [-0.1, -0.05) is 18.2 Å². The Balaban J connectivity index is 1.40. The zero-order valence-electron chi connectivity index (χ0n) is 25.5. The molecule has 44 heavy (non-hydrogen) atoms. The van der Waals surface area contributed by atoms with Crippen LogP contribution in [0.2, 0.25) is 0 Å². The van der Waals surface area contributed by atoms with Crippen molar-refractivity contribution in [2.45, 2.75) is 51.7 Å². The predicted molar refractivity (Wildman–Crippen MR) is 169 cm³/mol. The van der Waals surface area contributed by atoms with E-state index in [1.54, 1.807) is 87.9 Å². The van der Waals surface area contributed by atoms with Crippen LogP contribution in [0.3, 0.4) is 0 Å². The van der Waals surface area contributed by atoms with Gasteiger partial charge in [0.1, 0.15) is 11.3 Å². The fraction of sp³-hybridized carbons (Fsp3) is 0.406. The van der Waals surface area contributed by atoms with Crippen LogP contribution in [-0.2, 0) is 9.47 Å². The minimum Gasteiger partial charge on any atom is -0.444 e. The van der Waals surface area contributed by atoms with Gasteiger partial charge < -0.3 is 25.4 Å². The number of nitrogens with zero attached hydrogens (tertiary/aromatic N) is 3. The van der Waals surface area contributed by atoms with Crippen molar-refractivity contribution in [1.82, 2.24) is 20.2 Å². The summed E-state index contributed by atoms with van der Waals surface area (Å²) in [6.45, 7) is 9.68. The Morgan fingerprint density at radius 1 is 0.932 bits per heavy atom. The Bertz CT molecular complexity index is 1370. The molecule has 0 aliphatic carbocycles. The van der Waals surface area contributed by atoms with Gasteiger partial charge in [-0.05, 0) is 82.5 Å². The first-order chi connectivity index (χ1) is 21.2. The molecule has 1 aliphatic rings. The number of rotatable bonds is 11. The minimum atomic E-state index is -0.664. The average Bonchev–Trinajstić information content (AvgIpc) is 3.00. The van der Waals surface area contributed by atoms with Gasteiger partial charge in [-0.15, -0.1) is 0 Å². The van der Waals surface area contributed by atoms with E-state index < -0.39 is 17.6 Å². The monoisotopic (exact) mass is 603 g/mol. The summed E-state index contributed by atoms with van der Waals surface area (Å²) >= 11 is 0. The summed E-state index contributed by atoms with van der Waals surface area (Å²) in [6, 6.07) is 13.1. The molecule has 1 aliphatic heterocycles. The topological polar surface area (TPSA) is 147 Å². The molecule has 1 fully saturated rings. The molecule has 0 radical (unpaired) electrons. The number of hydrogen-bond donors (Lipinski definition) is 4. The Morgan fingerprint density at radius 2 is 1.68 bits per heavy atom. The van der Waals surface area contributed by atoms with Crippen LogP contribution in [0.25, 0.3) is 0 Å². The molecular weight excluding hydrogens is 562 g/mol. The van der Waals surface area contributed by atoms with Crippen molar-refractivity contribution in [3.05, 3.63) is 78.4 Å². The quantitative estimate of drug-likeness (QED) is 0.212. The number of carbonyl (C=O) groups is 3. The fourth-order valence-corrected chi connectivity index (χ4v) is 4.64. The third kappa shape index (κ3) is 10.6. The van der Waals surface area contributed by atoms with Crippen LogP contribution in [0, 0.1) is 0 Å². The van der Waals surface area contributed by atoms with Crippen LogP contribution >= 0.6 is 0 Å². The second kappa shape index (κ2) is 15.8. The Morgan fingerprint density at radius 3 is 2.34 bits per heavy atom. The number of para-hydroxylation sites is 2.